The third-order valence-electron chi connectivity index (χ3n) is 5.86. The van der Waals surface area contributed by atoms with Crippen LogP contribution < -0.4 is 4.90 Å². The van der Waals surface area contributed by atoms with Crippen LogP contribution in [-0.4, -0.2) is 17.0 Å². The minimum absolute atomic E-state index is 0.105. The monoisotopic (exact) mass is 499 g/mol. The molecule has 1 aliphatic rings. The molecule has 1 aliphatic heterocycles. The maximum absolute atomic E-state index is 13.8. The highest BCUT2D eigenvalue weighted by atomic mass is 35.5. The second-order valence-corrected chi connectivity index (χ2v) is 9.01. The second-order valence-electron chi connectivity index (χ2n) is 8.58. The molecule has 0 atom stereocenters. The topological polar surface area (TPSA) is 57.6 Å². The first kappa shape index (κ1) is 24.5. The Hall–Kier alpha value is -3.58. The summed E-state index contributed by atoms with van der Waals surface area (Å²) in [5.41, 5.74) is 2.63. The summed E-state index contributed by atoms with van der Waals surface area (Å²) in [5.74, 6) is -1.59. The Bertz CT molecular complexity index is 1340. The number of aromatic carboxylic acids is 1. The molecule has 8 heteroatoms. The number of rotatable bonds is 5. The van der Waals surface area contributed by atoms with Crippen molar-refractivity contribution in [2.75, 3.05) is 4.90 Å². The third-order valence-corrected chi connectivity index (χ3v) is 6.10. The summed E-state index contributed by atoms with van der Waals surface area (Å²) in [6.07, 6.45) is -4.46. The Morgan fingerprint density at radius 2 is 1.69 bits per heavy atom. The van der Waals surface area contributed by atoms with Crippen molar-refractivity contribution in [3.05, 3.63) is 99.6 Å². The molecule has 180 valence electrons. The maximum atomic E-state index is 13.8. The molecule has 0 bridgehead atoms. The molecule has 1 amide bonds. The van der Waals surface area contributed by atoms with E-state index in [-0.39, 0.29) is 23.9 Å². The number of carbonyl (C=O) groups is 2. The van der Waals surface area contributed by atoms with Crippen LogP contribution >= 0.6 is 11.6 Å². The first-order valence-corrected chi connectivity index (χ1v) is 11.2. The van der Waals surface area contributed by atoms with Crippen LogP contribution in [0.3, 0.4) is 0 Å². The molecule has 0 spiro atoms. The van der Waals surface area contributed by atoms with Gasteiger partial charge < -0.3 is 10.0 Å². The molecule has 0 saturated carbocycles. The highest BCUT2D eigenvalue weighted by Gasteiger charge is 2.36. The summed E-state index contributed by atoms with van der Waals surface area (Å²) in [4.78, 5) is 26.7. The van der Waals surface area contributed by atoms with Crippen molar-refractivity contribution in [1.29, 1.82) is 0 Å². The van der Waals surface area contributed by atoms with Crippen molar-refractivity contribution in [3.63, 3.8) is 0 Å². The standard InChI is InChI=1S/C27H21ClF3NO3/c1-15(2)23(17-6-8-19(9-7-17)27(29,30)31)24-21-13-20(28)10-11-22(21)32(25(24)33)14-16-4-3-5-18(12-16)26(34)35/h3-13,15H,14H2,1-2H3,(H,34,35)/b24-23+. The number of hydrogen-bond donors (Lipinski definition) is 1. The molecule has 4 nitrogen and oxygen atoms in total. The zero-order valence-corrected chi connectivity index (χ0v) is 19.6. The number of anilines is 1. The molecular formula is C27H21ClF3NO3. The van der Waals surface area contributed by atoms with E-state index in [9.17, 15) is 27.9 Å². The van der Waals surface area contributed by atoms with Crippen LogP contribution in [0.25, 0.3) is 11.1 Å². The molecule has 0 aromatic heterocycles. The zero-order valence-electron chi connectivity index (χ0n) is 18.9. The lowest BCUT2D eigenvalue weighted by Gasteiger charge is -2.19. The van der Waals surface area contributed by atoms with Crippen molar-refractivity contribution in [2.24, 2.45) is 5.92 Å². The minimum atomic E-state index is -4.46. The van der Waals surface area contributed by atoms with Gasteiger partial charge in [-0.2, -0.15) is 13.2 Å². The minimum Gasteiger partial charge on any atom is -0.478 e. The number of halogens is 4. The fourth-order valence-corrected chi connectivity index (χ4v) is 4.48. The van der Waals surface area contributed by atoms with Gasteiger partial charge in [-0.3, -0.25) is 4.79 Å². The van der Waals surface area contributed by atoms with Crippen LogP contribution in [0.4, 0.5) is 18.9 Å². The lowest BCUT2D eigenvalue weighted by molar-refractivity contribution is -0.137. The van der Waals surface area contributed by atoms with E-state index in [1.54, 1.807) is 30.3 Å². The van der Waals surface area contributed by atoms with Crippen LogP contribution in [0.1, 0.15) is 46.5 Å². The van der Waals surface area contributed by atoms with Gasteiger partial charge in [-0.05, 0) is 65.1 Å². The van der Waals surface area contributed by atoms with Crippen LogP contribution in [0, 0.1) is 5.92 Å². The summed E-state index contributed by atoms with van der Waals surface area (Å²) >= 11 is 6.26. The molecular weight excluding hydrogens is 479 g/mol. The summed E-state index contributed by atoms with van der Waals surface area (Å²) < 4.78 is 39.3. The molecule has 1 N–H and O–H groups in total. The SMILES string of the molecule is CC(C)/C(=C1\C(=O)N(Cc2cccc(C(=O)O)c2)c2ccc(Cl)cc21)c1ccc(C(F)(F)F)cc1. The molecule has 0 radical (unpaired) electrons. The Kier molecular flexibility index (Phi) is 6.47. The Labute approximate surface area is 205 Å². The molecule has 4 rings (SSSR count). The number of carbonyl (C=O) groups excluding carboxylic acids is 1. The van der Waals surface area contributed by atoms with Crippen molar-refractivity contribution in [1.82, 2.24) is 0 Å². The maximum Gasteiger partial charge on any atom is 0.416 e. The van der Waals surface area contributed by atoms with Crippen LogP contribution in [0.5, 0.6) is 0 Å². The molecule has 0 saturated heterocycles. The lowest BCUT2D eigenvalue weighted by atomic mass is 9.87. The van der Waals surface area contributed by atoms with Gasteiger partial charge in [0.25, 0.3) is 5.91 Å². The van der Waals surface area contributed by atoms with Gasteiger partial charge in [-0.25, -0.2) is 4.79 Å². The van der Waals surface area contributed by atoms with Gasteiger partial charge in [0, 0.05) is 10.6 Å². The number of hydrogen-bond acceptors (Lipinski definition) is 2. The van der Waals surface area contributed by atoms with Crippen LogP contribution in [0.2, 0.25) is 5.02 Å². The number of amides is 1. The van der Waals surface area contributed by atoms with Crippen LogP contribution in [-0.2, 0) is 17.5 Å². The van der Waals surface area contributed by atoms with E-state index in [0.29, 0.717) is 38.5 Å². The first-order valence-electron chi connectivity index (χ1n) is 10.8. The zero-order chi connectivity index (χ0) is 25.5. The van der Waals surface area contributed by atoms with Gasteiger partial charge in [0.1, 0.15) is 0 Å². The summed E-state index contributed by atoms with van der Waals surface area (Å²) in [7, 11) is 0. The molecule has 3 aromatic rings. The Morgan fingerprint density at radius 3 is 2.29 bits per heavy atom. The second kappa shape index (κ2) is 9.23. The average Bonchev–Trinajstić information content (AvgIpc) is 3.04. The number of carboxylic acids is 1. The third kappa shape index (κ3) is 4.82. The number of allylic oxidation sites excluding steroid dienone is 1. The smallest absolute Gasteiger partial charge is 0.416 e. The van der Waals surface area contributed by atoms with Gasteiger partial charge >= 0.3 is 12.1 Å². The molecule has 0 unspecified atom stereocenters. The van der Waals surface area contributed by atoms with E-state index in [1.165, 1.54) is 29.2 Å². The van der Waals surface area contributed by atoms with Crippen molar-refractivity contribution in [2.45, 2.75) is 26.6 Å². The van der Waals surface area contributed by atoms with Crippen molar-refractivity contribution >= 4 is 40.3 Å². The van der Waals surface area contributed by atoms with Crippen LogP contribution in [0.15, 0.2) is 66.7 Å². The highest BCUT2D eigenvalue weighted by molar-refractivity contribution is 6.39. The fraction of sp³-hybridized carbons (Fsp3) is 0.185. The van der Waals surface area contributed by atoms with Crippen molar-refractivity contribution < 1.29 is 27.9 Å². The summed E-state index contributed by atoms with van der Waals surface area (Å²) in [5, 5.41) is 9.73. The number of nitrogens with zero attached hydrogens (tertiary/aromatic N) is 1. The highest BCUT2D eigenvalue weighted by Crippen LogP contribution is 2.45. The van der Waals surface area contributed by atoms with E-state index in [0.717, 1.165) is 12.1 Å². The number of carboxylic acid groups (broad SMARTS) is 1. The number of alkyl halides is 3. The van der Waals surface area contributed by atoms with Crippen molar-refractivity contribution in [3.8, 4) is 0 Å². The number of benzene rings is 3. The molecule has 0 fully saturated rings. The quantitative estimate of drug-likeness (QED) is 0.378. The lowest BCUT2D eigenvalue weighted by Crippen LogP contribution is -2.26. The molecule has 0 aliphatic carbocycles. The predicted octanol–water partition coefficient (Wildman–Crippen LogP) is 7.17. The van der Waals surface area contributed by atoms with Gasteiger partial charge in [0.05, 0.1) is 28.9 Å². The van der Waals surface area contributed by atoms with E-state index in [1.807, 2.05) is 13.8 Å². The average molecular weight is 500 g/mol. The molecule has 1 heterocycles. The van der Waals surface area contributed by atoms with E-state index >= 15 is 0 Å². The first-order chi connectivity index (χ1) is 16.5. The largest absolute Gasteiger partial charge is 0.478 e. The van der Waals surface area contributed by atoms with E-state index < -0.39 is 17.7 Å². The van der Waals surface area contributed by atoms with Gasteiger partial charge in [-0.1, -0.05) is 49.7 Å². The Morgan fingerprint density at radius 1 is 1.00 bits per heavy atom. The normalized spacial score (nSPS) is 14.9. The Balaban J connectivity index is 1.85. The molecule has 35 heavy (non-hydrogen) atoms. The number of fused-ring (bicyclic) bond motifs is 1. The fourth-order valence-electron chi connectivity index (χ4n) is 4.31. The summed E-state index contributed by atoms with van der Waals surface area (Å²) in [6.45, 7) is 3.86. The predicted molar refractivity (Wildman–Crippen MR) is 129 cm³/mol. The molecule has 3 aromatic carbocycles. The van der Waals surface area contributed by atoms with Gasteiger partial charge in [0.15, 0.2) is 0 Å². The summed E-state index contributed by atoms with van der Waals surface area (Å²) in [6, 6.07) is 16.1. The van der Waals surface area contributed by atoms with E-state index in [4.69, 9.17) is 11.6 Å². The van der Waals surface area contributed by atoms with Gasteiger partial charge in [0.2, 0.25) is 0 Å². The van der Waals surface area contributed by atoms with Gasteiger partial charge in [-0.15, -0.1) is 0 Å². The van der Waals surface area contributed by atoms with E-state index in [2.05, 4.69) is 0 Å².